The Morgan fingerprint density at radius 2 is 1.61 bits per heavy atom. The molecule has 0 aliphatic heterocycles. The van der Waals surface area contributed by atoms with Crippen molar-refractivity contribution in [1.82, 2.24) is 9.97 Å². The van der Waals surface area contributed by atoms with Crippen LogP contribution in [0.1, 0.15) is 21.5 Å². The molecule has 3 aromatic rings. The van der Waals surface area contributed by atoms with Crippen LogP contribution >= 0.6 is 0 Å². The minimum absolute atomic E-state index is 0.332. The molecule has 1 amide bonds. The Morgan fingerprint density at radius 1 is 0.929 bits per heavy atom. The Bertz CT molecular complexity index is 967. The van der Waals surface area contributed by atoms with E-state index in [1.165, 1.54) is 19.5 Å². The number of aromatic nitrogens is 2. The number of anilines is 3. The van der Waals surface area contributed by atoms with Crippen LogP contribution < -0.4 is 20.1 Å². The highest BCUT2D eigenvalue weighted by Crippen LogP contribution is 2.29. The predicted octanol–water partition coefficient (Wildman–Crippen LogP) is 4.11. The molecule has 0 radical (unpaired) electrons. The van der Waals surface area contributed by atoms with Crippen molar-refractivity contribution in [3.8, 4) is 11.5 Å². The van der Waals surface area contributed by atoms with E-state index >= 15 is 0 Å². The third-order valence-corrected chi connectivity index (χ3v) is 4.05. The summed E-state index contributed by atoms with van der Waals surface area (Å²) >= 11 is 0. The van der Waals surface area contributed by atoms with Crippen molar-refractivity contribution >= 4 is 23.2 Å². The van der Waals surface area contributed by atoms with Crippen LogP contribution in [0.25, 0.3) is 0 Å². The molecule has 0 atom stereocenters. The van der Waals surface area contributed by atoms with Crippen LogP contribution in [0, 0.1) is 13.8 Å². The zero-order valence-electron chi connectivity index (χ0n) is 16.2. The first kappa shape index (κ1) is 19.2. The van der Waals surface area contributed by atoms with Gasteiger partial charge in [-0.15, -0.1) is 0 Å². The monoisotopic (exact) mass is 378 g/mol. The summed E-state index contributed by atoms with van der Waals surface area (Å²) in [5, 5.41) is 5.94. The van der Waals surface area contributed by atoms with Gasteiger partial charge in [-0.25, -0.2) is 9.97 Å². The minimum atomic E-state index is -0.332. The van der Waals surface area contributed by atoms with Gasteiger partial charge in [0.15, 0.2) is 0 Å². The number of methoxy groups -OCH3 is 2. The van der Waals surface area contributed by atoms with Crippen molar-refractivity contribution in [3.63, 3.8) is 0 Å². The molecule has 2 aromatic carbocycles. The molecule has 3 rings (SSSR count). The molecular formula is C21H22N4O3. The van der Waals surface area contributed by atoms with Crippen LogP contribution in [0.5, 0.6) is 11.5 Å². The van der Waals surface area contributed by atoms with Gasteiger partial charge in [-0.3, -0.25) is 4.79 Å². The maximum absolute atomic E-state index is 12.5. The summed E-state index contributed by atoms with van der Waals surface area (Å²) in [4.78, 5) is 21.0. The van der Waals surface area contributed by atoms with E-state index in [2.05, 4.69) is 26.7 Å². The number of hydrogen-bond donors (Lipinski definition) is 2. The van der Waals surface area contributed by atoms with Crippen LogP contribution in [0.4, 0.5) is 17.3 Å². The molecule has 0 aliphatic carbocycles. The quantitative estimate of drug-likeness (QED) is 0.671. The van der Waals surface area contributed by atoms with E-state index in [1.54, 1.807) is 25.3 Å². The highest BCUT2D eigenvalue weighted by molar-refractivity contribution is 6.04. The summed E-state index contributed by atoms with van der Waals surface area (Å²) in [5.41, 5.74) is 4.06. The Balaban J connectivity index is 1.72. The van der Waals surface area contributed by atoms with Crippen molar-refractivity contribution in [2.75, 3.05) is 24.9 Å². The molecule has 0 spiro atoms. The Morgan fingerprint density at radius 3 is 2.21 bits per heavy atom. The number of carbonyl (C=O) groups excluding carboxylic acids is 1. The zero-order chi connectivity index (χ0) is 20.1. The number of carbonyl (C=O) groups is 1. The van der Waals surface area contributed by atoms with Crippen LogP contribution in [0.3, 0.4) is 0 Å². The van der Waals surface area contributed by atoms with Crippen molar-refractivity contribution in [2.45, 2.75) is 13.8 Å². The SMILES string of the molecule is COc1ccc(NC(=O)c2cnc(Nc3cc(C)cc(C)c3)nc2)c(OC)c1. The van der Waals surface area contributed by atoms with E-state index < -0.39 is 0 Å². The molecule has 0 fully saturated rings. The van der Waals surface area contributed by atoms with E-state index in [0.717, 1.165) is 16.8 Å². The van der Waals surface area contributed by atoms with Crippen molar-refractivity contribution in [2.24, 2.45) is 0 Å². The second-order valence-corrected chi connectivity index (χ2v) is 6.32. The molecule has 2 N–H and O–H groups in total. The number of ether oxygens (including phenoxy) is 2. The smallest absolute Gasteiger partial charge is 0.258 e. The number of rotatable bonds is 6. The van der Waals surface area contributed by atoms with E-state index in [9.17, 15) is 4.79 Å². The molecular weight excluding hydrogens is 356 g/mol. The predicted molar refractivity (Wildman–Crippen MR) is 109 cm³/mol. The lowest BCUT2D eigenvalue weighted by atomic mass is 10.1. The Labute approximate surface area is 163 Å². The Kier molecular flexibility index (Phi) is 5.74. The largest absolute Gasteiger partial charge is 0.497 e. The average Bonchev–Trinajstić information content (AvgIpc) is 2.68. The molecule has 1 aromatic heterocycles. The molecule has 7 heteroatoms. The third kappa shape index (κ3) is 4.56. The van der Waals surface area contributed by atoms with Gasteiger partial charge in [0.2, 0.25) is 5.95 Å². The molecule has 0 saturated heterocycles. The molecule has 28 heavy (non-hydrogen) atoms. The van der Waals surface area contributed by atoms with E-state index in [0.29, 0.717) is 28.7 Å². The van der Waals surface area contributed by atoms with Gasteiger partial charge in [0.05, 0.1) is 25.5 Å². The first-order valence-corrected chi connectivity index (χ1v) is 8.69. The van der Waals surface area contributed by atoms with E-state index in [4.69, 9.17) is 9.47 Å². The van der Waals surface area contributed by atoms with Gasteiger partial charge in [0.25, 0.3) is 5.91 Å². The highest BCUT2D eigenvalue weighted by Gasteiger charge is 2.12. The topological polar surface area (TPSA) is 85.4 Å². The highest BCUT2D eigenvalue weighted by atomic mass is 16.5. The fourth-order valence-electron chi connectivity index (χ4n) is 2.78. The normalized spacial score (nSPS) is 10.3. The van der Waals surface area contributed by atoms with Crippen LogP contribution in [0.2, 0.25) is 0 Å². The molecule has 0 bridgehead atoms. The van der Waals surface area contributed by atoms with Crippen molar-refractivity contribution in [3.05, 3.63) is 65.5 Å². The van der Waals surface area contributed by atoms with Gasteiger partial charge >= 0.3 is 0 Å². The number of amides is 1. The minimum Gasteiger partial charge on any atom is -0.497 e. The van der Waals surface area contributed by atoms with E-state index in [1.807, 2.05) is 26.0 Å². The van der Waals surface area contributed by atoms with Crippen molar-refractivity contribution < 1.29 is 14.3 Å². The second kappa shape index (κ2) is 8.39. The van der Waals surface area contributed by atoms with Gasteiger partial charge in [-0.2, -0.15) is 0 Å². The number of aryl methyl sites for hydroxylation is 2. The fourth-order valence-corrected chi connectivity index (χ4v) is 2.78. The molecule has 0 unspecified atom stereocenters. The van der Waals surface area contributed by atoms with Crippen LogP contribution in [0.15, 0.2) is 48.8 Å². The van der Waals surface area contributed by atoms with Gasteiger partial charge in [0, 0.05) is 24.1 Å². The zero-order valence-corrected chi connectivity index (χ0v) is 16.2. The summed E-state index contributed by atoms with van der Waals surface area (Å²) < 4.78 is 10.5. The molecule has 7 nitrogen and oxygen atoms in total. The lowest BCUT2D eigenvalue weighted by molar-refractivity contribution is 0.102. The van der Waals surface area contributed by atoms with E-state index in [-0.39, 0.29) is 5.91 Å². The summed E-state index contributed by atoms with van der Waals surface area (Å²) in [6, 6.07) is 11.3. The molecule has 1 heterocycles. The standard InChI is InChI=1S/C21H22N4O3/c1-13-7-14(2)9-16(8-13)24-21-22-11-15(12-23-21)20(26)25-18-6-5-17(27-3)10-19(18)28-4/h5-12H,1-4H3,(H,25,26)(H,22,23,24). The first-order valence-electron chi connectivity index (χ1n) is 8.69. The average molecular weight is 378 g/mol. The summed E-state index contributed by atoms with van der Waals surface area (Å²) in [7, 11) is 3.10. The summed E-state index contributed by atoms with van der Waals surface area (Å²) in [5.74, 6) is 1.23. The number of hydrogen-bond acceptors (Lipinski definition) is 6. The number of nitrogens with zero attached hydrogens (tertiary/aromatic N) is 2. The van der Waals surface area contributed by atoms with Gasteiger partial charge < -0.3 is 20.1 Å². The third-order valence-electron chi connectivity index (χ3n) is 4.05. The lowest BCUT2D eigenvalue weighted by Gasteiger charge is -2.12. The molecule has 0 aliphatic rings. The second-order valence-electron chi connectivity index (χ2n) is 6.32. The first-order chi connectivity index (χ1) is 13.5. The maximum atomic E-state index is 12.5. The van der Waals surface area contributed by atoms with Gasteiger partial charge in [-0.1, -0.05) is 6.07 Å². The summed E-state index contributed by atoms with van der Waals surface area (Å²) in [6.45, 7) is 4.06. The van der Waals surface area contributed by atoms with Crippen molar-refractivity contribution in [1.29, 1.82) is 0 Å². The van der Waals surface area contributed by atoms with Crippen LogP contribution in [-0.2, 0) is 0 Å². The molecule has 144 valence electrons. The van der Waals surface area contributed by atoms with Gasteiger partial charge in [0.1, 0.15) is 11.5 Å². The molecule has 0 saturated carbocycles. The Hall–Kier alpha value is -3.61. The maximum Gasteiger partial charge on any atom is 0.258 e. The fraction of sp³-hybridized carbons (Fsp3) is 0.190. The lowest BCUT2D eigenvalue weighted by Crippen LogP contribution is -2.13. The van der Waals surface area contributed by atoms with Crippen LogP contribution in [-0.4, -0.2) is 30.1 Å². The summed E-state index contributed by atoms with van der Waals surface area (Å²) in [6.07, 6.45) is 2.95. The number of nitrogens with one attached hydrogen (secondary N) is 2. The number of benzene rings is 2. The van der Waals surface area contributed by atoms with Gasteiger partial charge in [-0.05, 0) is 49.2 Å².